The highest BCUT2D eigenvalue weighted by molar-refractivity contribution is 6.66. The second-order valence-corrected chi connectivity index (χ2v) is 25.8. The maximum atomic E-state index is 14.6. The van der Waals surface area contributed by atoms with E-state index in [-0.39, 0.29) is 96.7 Å². The van der Waals surface area contributed by atoms with Crippen LogP contribution in [0.15, 0.2) is 164 Å². The number of carboxylic acids is 1. The number of carboxylic acid groups (broad SMARTS) is 1. The first-order valence-corrected chi connectivity index (χ1v) is 33.4. The number of aliphatic hydroxyl groups excluding tert-OH is 1. The standard InChI is InChI=1S/C66H67N19O12Si/c67-66(68)69-24-12-23-48-62(90)70-36-52(87)71-51(35-53(88)89)65(93)73-49(33-38-13-2-1-3-14-38)63(91)74-50(64(92)72-48)34-39-37-83(82-81-39)25-27-94-29-31-96-98(97-32-30-95-28-26-86)84-58-44-19-8-9-20-45(44)60(84)79-56-42-17-6-7-18-43(42)57(76-56)80-61-47-22-11-10-21-46(47)59(85(61)98)78-55-41-16-5-4-15-40(41)54(75-55)77-58/h1-11,13-22,37,48-51,86H,12,23-36H2,(H,70,90)(H,71,87)(H,72,92)(H,73,93)(H,74,91)(H,88,89)(H4,67,68,69)/t48-,49+,50-,51-,98?/m0/s1. The molecule has 5 aliphatic rings. The number of aliphatic imine (C=N–C) groups is 4. The van der Waals surface area contributed by atoms with Crippen molar-refractivity contribution in [2.24, 2.45) is 35.7 Å². The minimum absolute atomic E-state index is 0.0268. The van der Waals surface area contributed by atoms with Gasteiger partial charge in [0.05, 0.1) is 71.5 Å². The number of hydrogen-bond donors (Lipinski definition) is 10. The fraction of sp³-hybridized carbons (Fsp3) is 0.288. The molecule has 5 aliphatic heterocycles. The molecule has 1 fully saturated rings. The van der Waals surface area contributed by atoms with E-state index in [9.17, 15) is 39.0 Å². The summed E-state index contributed by atoms with van der Waals surface area (Å²) < 4.78 is 32.6. The van der Waals surface area contributed by atoms with Gasteiger partial charge in [0.15, 0.2) is 29.3 Å². The summed E-state index contributed by atoms with van der Waals surface area (Å²) in [6, 6.07) is 33.9. The Kier molecular flexibility index (Phi) is 19.3. The molecule has 8 aromatic rings. The molecule has 6 bridgehead atoms. The van der Waals surface area contributed by atoms with Crippen LogP contribution in [0.2, 0.25) is 0 Å². The summed E-state index contributed by atoms with van der Waals surface area (Å²) in [5.41, 5.74) is 10.2. The molecule has 502 valence electrons. The van der Waals surface area contributed by atoms with E-state index < -0.39 is 81.5 Å². The van der Waals surface area contributed by atoms with Gasteiger partial charge in [-0.3, -0.25) is 42.6 Å². The van der Waals surface area contributed by atoms with Crippen LogP contribution in [0.3, 0.4) is 0 Å². The van der Waals surface area contributed by atoms with Crippen LogP contribution in [0.25, 0.3) is 21.5 Å². The monoisotopic (exact) mass is 1350 g/mol. The van der Waals surface area contributed by atoms with E-state index in [2.05, 4.69) is 42.2 Å². The number of carbonyl (C=O) groups excluding carboxylic acids is 5. The number of ether oxygens (including phenoxy) is 2. The molecule has 0 saturated carbocycles. The van der Waals surface area contributed by atoms with Crippen molar-refractivity contribution in [2.75, 3.05) is 59.3 Å². The normalized spacial score (nSPS) is 19.7. The molecule has 0 radical (unpaired) electrons. The number of amidine groups is 4. The van der Waals surface area contributed by atoms with Gasteiger partial charge in [-0.15, -0.1) is 5.10 Å². The number of nitrogens with zero attached hydrogens (tertiary/aromatic N) is 11. The van der Waals surface area contributed by atoms with Crippen LogP contribution in [-0.2, 0) is 66.5 Å². The van der Waals surface area contributed by atoms with Crippen molar-refractivity contribution in [2.45, 2.75) is 62.8 Å². The Morgan fingerprint density at radius 2 is 1.09 bits per heavy atom. The maximum absolute atomic E-state index is 14.6. The van der Waals surface area contributed by atoms with Crippen LogP contribution in [0.4, 0.5) is 11.6 Å². The lowest BCUT2D eigenvalue weighted by Gasteiger charge is -2.33. The molecule has 1 unspecified atom stereocenters. The van der Waals surface area contributed by atoms with Gasteiger partial charge in [0.1, 0.15) is 46.8 Å². The summed E-state index contributed by atoms with van der Waals surface area (Å²) in [5, 5.41) is 54.1. The van der Waals surface area contributed by atoms with Gasteiger partial charge < -0.3 is 66.2 Å². The zero-order valence-electron chi connectivity index (χ0n) is 52.6. The van der Waals surface area contributed by atoms with Gasteiger partial charge >= 0.3 is 14.9 Å². The zero-order valence-corrected chi connectivity index (χ0v) is 53.6. The van der Waals surface area contributed by atoms with E-state index >= 15 is 0 Å². The largest absolute Gasteiger partial charge is 0.603 e. The number of fused-ring (bicyclic) bond motifs is 14. The van der Waals surface area contributed by atoms with E-state index in [1.165, 1.54) is 4.68 Å². The van der Waals surface area contributed by atoms with Gasteiger partial charge in [-0.05, 0) is 18.4 Å². The molecule has 0 aliphatic carbocycles. The van der Waals surface area contributed by atoms with Crippen LogP contribution >= 0.6 is 0 Å². The molecule has 31 nitrogen and oxygen atoms in total. The molecular formula is C66H67N19O12Si. The van der Waals surface area contributed by atoms with E-state index in [1.54, 1.807) is 36.5 Å². The number of hydrogen-bond acceptors (Lipinski definition) is 20. The van der Waals surface area contributed by atoms with Crippen molar-refractivity contribution < 1.29 is 57.3 Å². The Labute approximate surface area is 558 Å². The number of aromatic nitrogens is 5. The lowest BCUT2D eigenvalue weighted by atomic mass is 10.0. The summed E-state index contributed by atoms with van der Waals surface area (Å²) in [5.74, 6) is -3.70. The van der Waals surface area contributed by atoms with Crippen LogP contribution in [0.1, 0.15) is 52.8 Å². The molecule has 13 rings (SSSR count). The summed E-state index contributed by atoms with van der Waals surface area (Å²) in [6.07, 6.45) is 0.466. The highest BCUT2D eigenvalue weighted by atomic mass is 28.4. The third-order valence-electron chi connectivity index (χ3n) is 16.7. The second-order valence-electron chi connectivity index (χ2n) is 23.3. The number of rotatable bonds is 23. The van der Waals surface area contributed by atoms with Gasteiger partial charge in [-0.2, -0.15) is 0 Å². The number of aliphatic carboxylic acids is 1. The van der Waals surface area contributed by atoms with Crippen LogP contribution in [0.5, 0.6) is 0 Å². The number of nitrogens with one attached hydrogen (secondary N) is 7. The van der Waals surface area contributed by atoms with Gasteiger partial charge in [-0.1, -0.05) is 133 Å². The van der Waals surface area contributed by atoms with Crippen molar-refractivity contribution in [1.82, 2.24) is 55.4 Å². The third-order valence-corrected chi connectivity index (χ3v) is 19.8. The van der Waals surface area contributed by atoms with Crippen LogP contribution < -0.4 is 48.6 Å². The number of benzene rings is 5. The van der Waals surface area contributed by atoms with Gasteiger partial charge in [-0.25, -0.2) is 34.6 Å². The first-order chi connectivity index (χ1) is 47.7. The Bertz CT molecular complexity index is 4570. The average Bonchev–Trinajstić information content (AvgIpc) is 1.53. The third kappa shape index (κ3) is 13.8. The molecule has 11 N–H and O–H groups in total. The van der Waals surface area contributed by atoms with Crippen molar-refractivity contribution in [3.8, 4) is 0 Å². The minimum Gasteiger partial charge on any atom is -0.481 e. The Morgan fingerprint density at radius 3 is 1.65 bits per heavy atom. The summed E-state index contributed by atoms with van der Waals surface area (Å²) in [6.45, 7) is -0.717. The Hall–Kier alpha value is -11.3. The Balaban J connectivity index is 0.818. The molecule has 8 heterocycles. The van der Waals surface area contributed by atoms with E-state index in [1.807, 2.05) is 106 Å². The highest BCUT2D eigenvalue weighted by Gasteiger charge is 2.53. The molecule has 98 heavy (non-hydrogen) atoms. The molecule has 5 atom stereocenters. The van der Waals surface area contributed by atoms with Gasteiger partial charge in [0.2, 0.25) is 29.5 Å². The molecular weight excluding hydrogens is 1280 g/mol. The van der Waals surface area contributed by atoms with Crippen molar-refractivity contribution >= 4 is 107 Å². The summed E-state index contributed by atoms with van der Waals surface area (Å²) in [7, 11) is -4.60. The van der Waals surface area contributed by atoms with Crippen molar-refractivity contribution in [3.63, 3.8) is 0 Å². The lowest BCUT2D eigenvalue weighted by molar-refractivity contribution is -0.141. The quantitative estimate of drug-likeness (QED) is 0.0178. The predicted octanol–water partition coefficient (Wildman–Crippen LogP) is 0.314. The SMILES string of the molecule is N=C(N)NCCC[C@@H]1NC(=O)[C@H](Cc2cn(CCOCCO[Si]3(OCCOCCO)n4c5c6ccccc6c4N=C4N=C(N=c6c7ccccc7c(n63)=NC3=NC(=N5)c5ccccc53)c3ccccc34)nn2)NC(=O)[C@@H](Cc2ccccc2)NC(=O)[C@H](CC(=O)O)NC(=O)CNC1=O. The Morgan fingerprint density at radius 1 is 0.582 bits per heavy atom. The number of aliphatic hydroxyl groups is 1. The van der Waals surface area contributed by atoms with Crippen molar-refractivity contribution in [1.29, 1.82) is 5.41 Å². The molecule has 0 spiro atoms. The number of amides is 5. The van der Waals surface area contributed by atoms with E-state index in [0.29, 0.717) is 73.1 Å². The van der Waals surface area contributed by atoms with Gasteiger partial charge in [0, 0.05) is 69.4 Å². The minimum atomic E-state index is -4.60. The predicted molar refractivity (Wildman–Crippen MR) is 358 cm³/mol. The molecule has 32 heteroatoms. The molecule has 5 aromatic carbocycles. The zero-order chi connectivity index (χ0) is 67.9. The smallest absolute Gasteiger partial charge is 0.481 e. The van der Waals surface area contributed by atoms with Crippen LogP contribution in [0, 0.1) is 5.41 Å². The van der Waals surface area contributed by atoms with E-state index in [4.69, 9.17) is 59.4 Å². The summed E-state index contributed by atoms with van der Waals surface area (Å²) >= 11 is 0. The fourth-order valence-corrected chi connectivity index (χ4v) is 15.4. The van der Waals surface area contributed by atoms with E-state index in [0.717, 1.165) is 22.3 Å². The summed E-state index contributed by atoms with van der Waals surface area (Å²) in [4.78, 5) is 114. The highest BCUT2D eigenvalue weighted by Crippen LogP contribution is 2.43. The average molecular weight is 1350 g/mol. The molecule has 1 saturated heterocycles. The molecule has 5 amide bonds. The topological polar surface area (TPSA) is 417 Å². The number of nitrogens with two attached hydrogens (primary N) is 1. The molecule has 3 aromatic heterocycles. The number of guanidine groups is 1. The maximum Gasteiger partial charge on any atom is 0.603 e. The van der Waals surface area contributed by atoms with Crippen LogP contribution in [-0.4, -0.2) is 191 Å². The lowest BCUT2D eigenvalue weighted by Crippen LogP contribution is -2.64. The van der Waals surface area contributed by atoms with Crippen molar-refractivity contribution in [3.05, 3.63) is 178 Å². The number of carbonyl (C=O) groups is 6. The first kappa shape index (κ1) is 65.4. The fourth-order valence-electron chi connectivity index (χ4n) is 12.2. The van der Waals surface area contributed by atoms with Gasteiger partial charge in [0.25, 0.3) is 0 Å². The second kappa shape index (κ2) is 29.0. The first-order valence-electron chi connectivity index (χ1n) is 31.7.